The van der Waals surface area contributed by atoms with Crippen LogP contribution in [0, 0.1) is 29.3 Å². The van der Waals surface area contributed by atoms with Crippen molar-refractivity contribution in [2.75, 3.05) is 0 Å². The molecule has 136 valence electrons. The van der Waals surface area contributed by atoms with Crippen molar-refractivity contribution in [2.45, 2.75) is 19.8 Å². The molecule has 5 heteroatoms. The normalized spacial score (nSPS) is 10.4. The summed E-state index contributed by atoms with van der Waals surface area (Å²) in [5.74, 6) is 2.73. The summed E-state index contributed by atoms with van der Waals surface area (Å²) in [6.07, 6.45) is 3.60. The SMILES string of the molecule is CCCc1ccc(-c2cc(F)c(C#Cc3ccc(Cl)c(F)c3)c(F)c2)nc1. The molecular weight excluding hydrogens is 371 g/mol. The Morgan fingerprint density at radius 1 is 0.926 bits per heavy atom. The van der Waals surface area contributed by atoms with Gasteiger partial charge in [0, 0.05) is 17.3 Å². The minimum atomic E-state index is -0.800. The fourth-order valence-electron chi connectivity index (χ4n) is 2.58. The number of rotatable bonds is 3. The lowest BCUT2D eigenvalue weighted by Gasteiger charge is -2.05. The van der Waals surface area contributed by atoms with E-state index in [4.69, 9.17) is 11.6 Å². The van der Waals surface area contributed by atoms with E-state index in [0.717, 1.165) is 24.5 Å². The average molecular weight is 386 g/mol. The Morgan fingerprint density at radius 3 is 2.26 bits per heavy atom. The Kier molecular flexibility index (Phi) is 5.83. The van der Waals surface area contributed by atoms with Crippen molar-refractivity contribution in [3.05, 3.63) is 87.8 Å². The van der Waals surface area contributed by atoms with E-state index in [2.05, 4.69) is 23.7 Å². The minimum absolute atomic E-state index is 0.0419. The third kappa shape index (κ3) is 4.50. The molecule has 0 saturated heterocycles. The number of halogens is 4. The Hall–Kier alpha value is -2.77. The van der Waals surface area contributed by atoms with Gasteiger partial charge in [-0.25, -0.2) is 13.2 Å². The molecule has 0 bridgehead atoms. The van der Waals surface area contributed by atoms with E-state index in [-0.39, 0.29) is 16.1 Å². The van der Waals surface area contributed by atoms with Crippen molar-refractivity contribution >= 4 is 11.6 Å². The number of nitrogens with zero attached hydrogens (tertiary/aromatic N) is 1. The molecule has 3 rings (SSSR count). The van der Waals surface area contributed by atoms with Gasteiger partial charge < -0.3 is 0 Å². The summed E-state index contributed by atoms with van der Waals surface area (Å²) in [6, 6.07) is 9.94. The molecule has 1 nitrogen and oxygen atoms in total. The van der Waals surface area contributed by atoms with Gasteiger partial charge in [0.15, 0.2) is 0 Å². The molecule has 3 aromatic rings. The van der Waals surface area contributed by atoms with E-state index in [9.17, 15) is 13.2 Å². The zero-order chi connectivity index (χ0) is 19.4. The van der Waals surface area contributed by atoms with E-state index in [1.54, 1.807) is 12.3 Å². The van der Waals surface area contributed by atoms with Crippen LogP contribution in [0.1, 0.15) is 30.0 Å². The van der Waals surface area contributed by atoms with Gasteiger partial charge in [0.25, 0.3) is 0 Å². The summed E-state index contributed by atoms with van der Waals surface area (Å²) in [5, 5.41) is -0.0419. The summed E-state index contributed by atoms with van der Waals surface area (Å²) in [4.78, 5) is 4.27. The molecule has 0 saturated carbocycles. The molecule has 0 radical (unpaired) electrons. The van der Waals surface area contributed by atoms with Crippen molar-refractivity contribution in [2.24, 2.45) is 0 Å². The largest absolute Gasteiger partial charge is 0.256 e. The van der Waals surface area contributed by atoms with Crippen LogP contribution in [0.5, 0.6) is 0 Å². The lowest BCUT2D eigenvalue weighted by Crippen LogP contribution is -1.94. The molecule has 0 spiro atoms. The molecule has 0 aliphatic heterocycles. The molecule has 0 atom stereocenters. The highest BCUT2D eigenvalue weighted by Crippen LogP contribution is 2.23. The summed E-state index contributed by atoms with van der Waals surface area (Å²) >= 11 is 5.60. The number of hydrogen-bond donors (Lipinski definition) is 0. The predicted octanol–water partition coefficient (Wildman–Crippen LogP) is 6.17. The molecule has 2 aromatic carbocycles. The van der Waals surface area contributed by atoms with E-state index in [1.165, 1.54) is 24.3 Å². The second kappa shape index (κ2) is 8.28. The van der Waals surface area contributed by atoms with Crippen molar-refractivity contribution in [1.82, 2.24) is 4.98 Å². The smallest absolute Gasteiger partial charge is 0.143 e. The number of hydrogen-bond acceptors (Lipinski definition) is 1. The van der Waals surface area contributed by atoms with Crippen LogP contribution in [0.25, 0.3) is 11.3 Å². The minimum Gasteiger partial charge on any atom is -0.256 e. The van der Waals surface area contributed by atoms with E-state index in [1.807, 2.05) is 6.07 Å². The van der Waals surface area contributed by atoms with Gasteiger partial charge in [-0.3, -0.25) is 4.98 Å². The van der Waals surface area contributed by atoms with Crippen LogP contribution in [0.2, 0.25) is 5.02 Å². The Balaban J connectivity index is 1.91. The maximum Gasteiger partial charge on any atom is 0.143 e. The van der Waals surface area contributed by atoms with Gasteiger partial charge in [0.05, 0.1) is 16.3 Å². The van der Waals surface area contributed by atoms with Gasteiger partial charge in [-0.05, 0) is 48.4 Å². The second-order valence-electron chi connectivity index (χ2n) is 6.00. The van der Waals surface area contributed by atoms with Crippen LogP contribution < -0.4 is 0 Å². The van der Waals surface area contributed by atoms with Gasteiger partial charge in [-0.1, -0.05) is 42.9 Å². The molecule has 0 aliphatic rings. The van der Waals surface area contributed by atoms with Crippen LogP contribution in [-0.2, 0) is 6.42 Å². The summed E-state index contributed by atoms with van der Waals surface area (Å²) < 4.78 is 42.2. The third-order valence-corrected chi connectivity index (χ3v) is 4.26. The Labute approximate surface area is 160 Å². The van der Waals surface area contributed by atoms with Crippen molar-refractivity contribution in [3.8, 4) is 23.1 Å². The monoisotopic (exact) mass is 385 g/mol. The zero-order valence-electron chi connectivity index (χ0n) is 14.5. The van der Waals surface area contributed by atoms with Crippen LogP contribution in [0.4, 0.5) is 13.2 Å². The first-order chi connectivity index (χ1) is 13.0. The Morgan fingerprint density at radius 2 is 1.67 bits per heavy atom. The first-order valence-corrected chi connectivity index (χ1v) is 8.77. The van der Waals surface area contributed by atoms with E-state index in [0.29, 0.717) is 11.3 Å². The zero-order valence-corrected chi connectivity index (χ0v) is 15.2. The molecule has 1 heterocycles. The number of aromatic nitrogens is 1. The summed E-state index contributed by atoms with van der Waals surface area (Å²) in [7, 11) is 0. The number of pyridine rings is 1. The standard InChI is InChI=1S/C22H15ClF3N/c1-2-3-15-6-9-22(27-13-15)16-11-19(24)17(20(25)12-16)7-4-14-5-8-18(23)21(26)10-14/h5-6,8-13H,2-3H2,1H3. The maximum absolute atomic E-state index is 14.4. The number of benzene rings is 2. The molecule has 0 N–H and O–H groups in total. The molecule has 0 fully saturated rings. The maximum atomic E-state index is 14.4. The highest BCUT2D eigenvalue weighted by atomic mass is 35.5. The van der Waals surface area contributed by atoms with Gasteiger partial charge in [-0.2, -0.15) is 0 Å². The first kappa shape index (κ1) is 19.0. The van der Waals surface area contributed by atoms with Crippen LogP contribution in [-0.4, -0.2) is 4.98 Å². The third-order valence-electron chi connectivity index (χ3n) is 3.95. The topological polar surface area (TPSA) is 12.9 Å². The van der Waals surface area contributed by atoms with Crippen molar-refractivity contribution in [3.63, 3.8) is 0 Å². The molecule has 27 heavy (non-hydrogen) atoms. The highest BCUT2D eigenvalue weighted by Gasteiger charge is 2.11. The lowest BCUT2D eigenvalue weighted by molar-refractivity contribution is 0.578. The fourth-order valence-corrected chi connectivity index (χ4v) is 2.70. The molecule has 0 unspecified atom stereocenters. The van der Waals surface area contributed by atoms with Gasteiger partial charge in [0.2, 0.25) is 0 Å². The van der Waals surface area contributed by atoms with Crippen molar-refractivity contribution < 1.29 is 13.2 Å². The molecule has 0 amide bonds. The molecular formula is C22H15ClF3N. The summed E-state index contributed by atoms with van der Waals surface area (Å²) in [6.45, 7) is 2.07. The average Bonchev–Trinajstić information content (AvgIpc) is 2.64. The fraction of sp³-hybridized carbons (Fsp3) is 0.136. The lowest BCUT2D eigenvalue weighted by atomic mass is 10.1. The van der Waals surface area contributed by atoms with Crippen LogP contribution >= 0.6 is 11.6 Å². The highest BCUT2D eigenvalue weighted by molar-refractivity contribution is 6.30. The van der Waals surface area contributed by atoms with Crippen LogP contribution in [0.15, 0.2) is 48.7 Å². The van der Waals surface area contributed by atoms with Gasteiger partial charge in [0.1, 0.15) is 17.5 Å². The Bertz CT molecular complexity index is 1010. The van der Waals surface area contributed by atoms with Crippen LogP contribution in [0.3, 0.4) is 0 Å². The van der Waals surface area contributed by atoms with E-state index >= 15 is 0 Å². The van der Waals surface area contributed by atoms with Gasteiger partial charge in [-0.15, -0.1) is 0 Å². The van der Waals surface area contributed by atoms with Crippen molar-refractivity contribution in [1.29, 1.82) is 0 Å². The quantitative estimate of drug-likeness (QED) is 0.491. The second-order valence-corrected chi connectivity index (χ2v) is 6.40. The summed E-state index contributed by atoms with van der Waals surface area (Å²) in [5.41, 5.74) is 1.77. The first-order valence-electron chi connectivity index (χ1n) is 8.39. The van der Waals surface area contributed by atoms with Gasteiger partial charge >= 0.3 is 0 Å². The molecule has 0 aliphatic carbocycles. The van der Waals surface area contributed by atoms with E-state index < -0.39 is 17.5 Å². The molecule has 1 aromatic heterocycles. The predicted molar refractivity (Wildman–Crippen MR) is 101 cm³/mol. The number of aryl methyl sites for hydroxylation is 1.